The molecule has 2 aromatic carbocycles. The normalized spacial score (nSPS) is 17.2. The van der Waals surface area contributed by atoms with Crippen LogP contribution in [-0.2, 0) is 19.4 Å². The molecule has 1 saturated carbocycles. The predicted octanol–water partition coefficient (Wildman–Crippen LogP) is 4.49. The third kappa shape index (κ3) is 4.33. The van der Waals surface area contributed by atoms with E-state index in [1.165, 1.54) is 49.7 Å². The molecule has 27 heavy (non-hydrogen) atoms. The van der Waals surface area contributed by atoms with Gasteiger partial charge in [-0.2, -0.15) is 0 Å². The molecule has 1 fully saturated rings. The van der Waals surface area contributed by atoms with Crippen molar-refractivity contribution in [1.82, 2.24) is 5.32 Å². The van der Waals surface area contributed by atoms with Gasteiger partial charge in [0.2, 0.25) is 5.91 Å². The number of nitrogens with one attached hydrogen (secondary N) is 1. The highest BCUT2D eigenvalue weighted by molar-refractivity contribution is 5.93. The van der Waals surface area contributed by atoms with Crippen molar-refractivity contribution in [1.29, 1.82) is 0 Å². The number of amides is 1. The number of benzene rings is 2. The molecular weight excluding hydrogens is 336 g/mol. The Labute approximate surface area is 161 Å². The van der Waals surface area contributed by atoms with Crippen molar-refractivity contribution in [2.45, 2.75) is 64.0 Å². The fourth-order valence-electron chi connectivity index (χ4n) is 4.20. The van der Waals surface area contributed by atoms with Gasteiger partial charge < -0.3 is 15.8 Å². The van der Waals surface area contributed by atoms with Crippen molar-refractivity contribution < 1.29 is 9.53 Å². The summed E-state index contributed by atoms with van der Waals surface area (Å²) in [5, 5.41) is 3.75. The van der Waals surface area contributed by atoms with E-state index >= 15 is 0 Å². The monoisotopic (exact) mass is 364 g/mol. The van der Waals surface area contributed by atoms with E-state index in [2.05, 4.69) is 23.5 Å². The fourth-order valence-corrected chi connectivity index (χ4v) is 4.20. The summed E-state index contributed by atoms with van der Waals surface area (Å²) in [6.07, 6.45) is 9.81. The van der Waals surface area contributed by atoms with Crippen molar-refractivity contribution in [3.8, 4) is 11.5 Å². The Morgan fingerprint density at radius 2 is 1.63 bits per heavy atom. The van der Waals surface area contributed by atoms with E-state index < -0.39 is 5.91 Å². The third-order valence-corrected chi connectivity index (χ3v) is 5.80. The second kappa shape index (κ2) is 8.13. The molecule has 0 aromatic heterocycles. The highest BCUT2D eigenvalue weighted by atomic mass is 16.5. The minimum atomic E-state index is -0.397. The summed E-state index contributed by atoms with van der Waals surface area (Å²) < 4.78 is 6.13. The van der Waals surface area contributed by atoms with Crippen LogP contribution in [0.15, 0.2) is 36.4 Å². The molecule has 0 spiro atoms. The molecule has 1 heterocycles. The van der Waals surface area contributed by atoms with Crippen LogP contribution in [0, 0.1) is 0 Å². The number of carbonyl (C=O) groups is 1. The lowest BCUT2D eigenvalue weighted by atomic mass is 10.0. The number of carbonyl (C=O) groups excluding carboxylic acids is 1. The maximum absolute atomic E-state index is 11.4. The molecule has 1 aliphatic heterocycles. The molecule has 4 nitrogen and oxygen atoms in total. The summed E-state index contributed by atoms with van der Waals surface area (Å²) in [5.74, 6) is 1.34. The lowest BCUT2D eigenvalue weighted by Gasteiger charge is -2.17. The SMILES string of the molecule is NC(=O)c1ccc2c(c1)CCc1cc(CNC3CCCCCC3)ccc1O2. The van der Waals surface area contributed by atoms with Gasteiger partial charge in [-0.3, -0.25) is 4.79 Å². The molecule has 0 atom stereocenters. The first-order valence-electron chi connectivity index (χ1n) is 10.1. The highest BCUT2D eigenvalue weighted by Crippen LogP contribution is 2.34. The summed E-state index contributed by atoms with van der Waals surface area (Å²) in [5.41, 5.74) is 9.53. The fraction of sp³-hybridized carbons (Fsp3) is 0.435. The van der Waals surface area contributed by atoms with Crippen LogP contribution in [0.1, 0.15) is 65.6 Å². The van der Waals surface area contributed by atoms with E-state index in [4.69, 9.17) is 10.5 Å². The van der Waals surface area contributed by atoms with Gasteiger partial charge in [-0.15, -0.1) is 0 Å². The molecule has 0 saturated heterocycles. The molecule has 0 bridgehead atoms. The quantitative estimate of drug-likeness (QED) is 0.786. The van der Waals surface area contributed by atoms with Crippen LogP contribution in [0.5, 0.6) is 11.5 Å². The Balaban J connectivity index is 1.45. The average Bonchev–Trinajstić information content (AvgIpc) is 3.04. The summed E-state index contributed by atoms with van der Waals surface area (Å²) in [6.45, 7) is 0.913. The second-order valence-electron chi connectivity index (χ2n) is 7.80. The Kier molecular flexibility index (Phi) is 5.44. The second-order valence-corrected chi connectivity index (χ2v) is 7.80. The van der Waals surface area contributed by atoms with Crippen LogP contribution in [0.4, 0.5) is 0 Å². The van der Waals surface area contributed by atoms with Gasteiger partial charge >= 0.3 is 0 Å². The number of ether oxygens (including phenoxy) is 1. The molecule has 142 valence electrons. The van der Waals surface area contributed by atoms with Crippen LogP contribution in [-0.4, -0.2) is 11.9 Å². The minimum Gasteiger partial charge on any atom is -0.457 e. The van der Waals surface area contributed by atoms with Gasteiger partial charge in [-0.05, 0) is 66.6 Å². The van der Waals surface area contributed by atoms with Gasteiger partial charge in [0.05, 0.1) is 0 Å². The Hall–Kier alpha value is -2.33. The maximum Gasteiger partial charge on any atom is 0.248 e. The van der Waals surface area contributed by atoms with Gasteiger partial charge in [0.15, 0.2) is 0 Å². The largest absolute Gasteiger partial charge is 0.457 e. The van der Waals surface area contributed by atoms with Crippen LogP contribution in [0.25, 0.3) is 0 Å². The van der Waals surface area contributed by atoms with Crippen molar-refractivity contribution in [2.75, 3.05) is 0 Å². The molecule has 0 unspecified atom stereocenters. The lowest BCUT2D eigenvalue weighted by molar-refractivity contribution is 0.1000. The minimum absolute atomic E-state index is 0.397. The van der Waals surface area contributed by atoms with Crippen LogP contribution < -0.4 is 15.8 Å². The number of hydrogen-bond donors (Lipinski definition) is 2. The van der Waals surface area contributed by atoms with Crippen molar-refractivity contribution >= 4 is 5.91 Å². The Morgan fingerprint density at radius 1 is 0.963 bits per heavy atom. The van der Waals surface area contributed by atoms with Crippen molar-refractivity contribution in [3.05, 3.63) is 58.7 Å². The van der Waals surface area contributed by atoms with E-state index in [-0.39, 0.29) is 0 Å². The van der Waals surface area contributed by atoms with E-state index in [1.54, 1.807) is 6.07 Å². The molecule has 1 aliphatic carbocycles. The van der Waals surface area contributed by atoms with Gasteiger partial charge in [0.1, 0.15) is 11.5 Å². The number of primary amides is 1. The first-order chi connectivity index (χ1) is 13.2. The molecular formula is C23H28N2O2. The Bertz CT molecular complexity index is 823. The molecule has 4 heteroatoms. The number of aryl methyl sites for hydroxylation is 2. The van der Waals surface area contributed by atoms with Gasteiger partial charge in [-0.25, -0.2) is 0 Å². The molecule has 3 N–H and O–H groups in total. The maximum atomic E-state index is 11.4. The molecule has 2 aliphatic rings. The Morgan fingerprint density at radius 3 is 2.33 bits per heavy atom. The molecule has 0 radical (unpaired) electrons. The number of hydrogen-bond acceptors (Lipinski definition) is 3. The lowest BCUT2D eigenvalue weighted by Crippen LogP contribution is -2.27. The third-order valence-electron chi connectivity index (χ3n) is 5.80. The summed E-state index contributed by atoms with van der Waals surface area (Å²) in [6, 6.07) is 12.6. The average molecular weight is 364 g/mol. The zero-order valence-electron chi connectivity index (χ0n) is 15.8. The molecule has 2 aromatic rings. The number of fused-ring (bicyclic) bond motifs is 2. The molecule has 4 rings (SSSR count). The van der Waals surface area contributed by atoms with Gasteiger partial charge in [-0.1, -0.05) is 37.8 Å². The van der Waals surface area contributed by atoms with Crippen molar-refractivity contribution in [3.63, 3.8) is 0 Å². The first kappa shape index (κ1) is 18.1. The summed E-state index contributed by atoms with van der Waals surface area (Å²) in [4.78, 5) is 11.4. The van der Waals surface area contributed by atoms with Crippen LogP contribution >= 0.6 is 0 Å². The van der Waals surface area contributed by atoms with E-state index in [9.17, 15) is 4.79 Å². The van der Waals surface area contributed by atoms with E-state index in [0.29, 0.717) is 11.6 Å². The first-order valence-corrected chi connectivity index (χ1v) is 10.1. The number of nitrogens with two attached hydrogens (primary N) is 1. The van der Waals surface area contributed by atoms with E-state index in [1.807, 2.05) is 12.1 Å². The summed E-state index contributed by atoms with van der Waals surface area (Å²) in [7, 11) is 0. The van der Waals surface area contributed by atoms with Gasteiger partial charge in [0.25, 0.3) is 0 Å². The van der Waals surface area contributed by atoms with Crippen LogP contribution in [0.3, 0.4) is 0 Å². The predicted molar refractivity (Wildman–Crippen MR) is 107 cm³/mol. The summed E-state index contributed by atoms with van der Waals surface area (Å²) >= 11 is 0. The molecule has 1 amide bonds. The van der Waals surface area contributed by atoms with Gasteiger partial charge in [0, 0.05) is 18.2 Å². The zero-order valence-corrected chi connectivity index (χ0v) is 15.8. The topological polar surface area (TPSA) is 64.4 Å². The zero-order chi connectivity index (χ0) is 18.6. The standard InChI is InChI=1S/C23H28N2O2/c24-23(26)19-10-12-22-18(14-19)9-8-17-13-16(7-11-21(17)27-22)15-25-20-5-3-1-2-4-6-20/h7,10-14,20,25H,1-6,8-9,15H2,(H2,24,26). The highest BCUT2D eigenvalue weighted by Gasteiger charge is 2.17. The van der Waals surface area contributed by atoms with E-state index in [0.717, 1.165) is 36.4 Å². The smallest absolute Gasteiger partial charge is 0.248 e. The number of rotatable bonds is 4. The van der Waals surface area contributed by atoms with Crippen molar-refractivity contribution in [2.24, 2.45) is 5.73 Å². The van der Waals surface area contributed by atoms with Crippen LogP contribution in [0.2, 0.25) is 0 Å².